The Bertz CT molecular complexity index is 949. The van der Waals surface area contributed by atoms with Gasteiger partial charge in [0.1, 0.15) is 0 Å². The van der Waals surface area contributed by atoms with Gasteiger partial charge in [-0.2, -0.15) is 0 Å². The molecule has 0 atom stereocenters. The van der Waals surface area contributed by atoms with Crippen LogP contribution in [0.25, 0.3) is 0 Å². The van der Waals surface area contributed by atoms with Gasteiger partial charge in [-0.3, -0.25) is 14.5 Å². The highest BCUT2D eigenvalue weighted by Gasteiger charge is 2.35. The van der Waals surface area contributed by atoms with E-state index >= 15 is 0 Å². The Morgan fingerprint density at radius 3 is 2.29 bits per heavy atom. The second-order valence-electron chi connectivity index (χ2n) is 6.08. The van der Waals surface area contributed by atoms with Crippen molar-refractivity contribution in [1.82, 2.24) is 4.90 Å². The summed E-state index contributed by atoms with van der Waals surface area (Å²) in [5, 5.41) is 5.94. The summed E-state index contributed by atoms with van der Waals surface area (Å²) in [7, 11) is 1.56. The number of anilines is 2. The average molecular weight is 422 g/mol. The summed E-state index contributed by atoms with van der Waals surface area (Å²) in [5.41, 5.74) is 1.42. The van der Waals surface area contributed by atoms with Gasteiger partial charge in [-0.25, -0.2) is 4.79 Å². The first-order valence-corrected chi connectivity index (χ1v) is 9.18. The van der Waals surface area contributed by atoms with Crippen LogP contribution in [0.3, 0.4) is 0 Å². The van der Waals surface area contributed by atoms with Crippen LogP contribution in [0.15, 0.2) is 36.4 Å². The number of rotatable bonds is 6. The normalized spacial score (nSPS) is 12.9. The van der Waals surface area contributed by atoms with Crippen molar-refractivity contribution in [2.24, 2.45) is 0 Å². The van der Waals surface area contributed by atoms with Gasteiger partial charge in [-0.15, -0.1) is 0 Å². The number of hydrogen-bond acceptors (Lipinski definition) is 4. The summed E-state index contributed by atoms with van der Waals surface area (Å²) in [5.74, 6) is -0.729. The van der Waals surface area contributed by atoms with Crippen molar-refractivity contribution in [3.05, 3.63) is 57.6 Å². The summed E-state index contributed by atoms with van der Waals surface area (Å²) in [6.45, 7) is 0.732. The monoisotopic (exact) mass is 421 g/mol. The molecule has 146 valence electrons. The van der Waals surface area contributed by atoms with E-state index in [1.807, 2.05) is 0 Å². The molecule has 1 heterocycles. The number of carbonyl (C=O) groups is 3. The lowest BCUT2D eigenvalue weighted by Crippen LogP contribution is -2.31. The minimum absolute atomic E-state index is 0.259. The number of ether oxygens (including phenoxy) is 1. The van der Waals surface area contributed by atoms with Gasteiger partial charge in [0.2, 0.25) is 0 Å². The molecule has 4 amide bonds. The number of benzene rings is 2. The third-order valence-corrected chi connectivity index (χ3v) is 4.88. The first kappa shape index (κ1) is 20.1. The van der Waals surface area contributed by atoms with Crippen molar-refractivity contribution in [3.63, 3.8) is 0 Å². The predicted octanol–water partition coefficient (Wildman–Crippen LogP) is 4.27. The Hall–Kier alpha value is -2.61. The highest BCUT2D eigenvalue weighted by Crippen LogP contribution is 2.27. The quantitative estimate of drug-likeness (QED) is 0.538. The Morgan fingerprint density at radius 2 is 1.61 bits per heavy atom. The Kier molecular flexibility index (Phi) is 6.18. The number of nitrogens with zero attached hydrogens (tertiary/aromatic N) is 1. The van der Waals surface area contributed by atoms with Gasteiger partial charge < -0.3 is 15.4 Å². The summed E-state index contributed by atoms with van der Waals surface area (Å²) < 4.78 is 4.96. The lowest BCUT2D eigenvalue weighted by atomic mass is 10.1. The van der Waals surface area contributed by atoms with E-state index in [-0.39, 0.29) is 23.9 Å². The van der Waals surface area contributed by atoms with Gasteiger partial charge in [-0.05, 0) is 42.8 Å². The SMILES string of the molecule is COCCCN1C(=O)c2ccc(NC(=O)Nc3ccc(Cl)c(Cl)c3)cc2C1=O. The minimum atomic E-state index is -0.521. The number of imide groups is 1. The third kappa shape index (κ3) is 4.27. The molecule has 0 unspecified atom stereocenters. The van der Waals surface area contributed by atoms with Gasteiger partial charge in [0.15, 0.2) is 0 Å². The molecule has 0 fully saturated rings. The number of halogens is 2. The number of fused-ring (bicyclic) bond motifs is 1. The highest BCUT2D eigenvalue weighted by atomic mass is 35.5. The predicted molar refractivity (Wildman–Crippen MR) is 107 cm³/mol. The molecule has 0 saturated heterocycles. The molecule has 0 bridgehead atoms. The van der Waals surface area contributed by atoms with Crippen molar-refractivity contribution in [1.29, 1.82) is 0 Å². The van der Waals surface area contributed by atoms with Crippen LogP contribution in [0.5, 0.6) is 0 Å². The maximum Gasteiger partial charge on any atom is 0.323 e. The molecule has 0 aliphatic carbocycles. The molecule has 7 nitrogen and oxygen atoms in total. The zero-order chi connectivity index (χ0) is 20.3. The lowest BCUT2D eigenvalue weighted by Gasteiger charge is -2.12. The Morgan fingerprint density at radius 1 is 0.964 bits per heavy atom. The summed E-state index contributed by atoms with van der Waals surface area (Å²) in [4.78, 5) is 38.3. The maximum atomic E-state index is 12.5. The van der Waals surface area contributed by atoms with E-state index in [1.165, 1.54) is 23.1 Å². The van der Waals surface area contributed by atoms with Crippen LogP contribution in [-0.2, 0) is 4.74 Å². The fourth-order valence-electron chi connectivity index (χ4n) is 2.81. The molecule has 28 heavy (non-hydrogen) atoms. The van der Waals surface area contributed by atoms with Gasteiger partial charge >= 0.3 is 6.03 Å². The zero-order valence-corrected chi connectivity index (χ0v) is 16.4. The molecular weight excluding hydrogens is 405 g/mol. The number of amides is 4. The van der Waals surface area contributed by atoms with Gasteiger partial charge in [-0.1, -0.05) is 23.2 Å². The fraction of sp³-hybridized carbons (Fsp3) is 0.211. The zero-order valence-electron chi connectivity index (χ0n) is 14.9. The van der Waals surface area contributed by atoms with Crippen LogP contribution in [0.1, 0.15) is 27.1 Å². The number of nitrogens with one attached hydrogen (secondary N) is 2. The molecule has 2 N–H and O–H groups in total. The molecule has 0 radical (unpaired) electrons. The number of methoxy groups -OCH3 is 1. The first-order chi connectivity index (χ1) is 13.4. The van der Waals surface area contributed by atoms with Crippen LogP contribution >= 0.6 is 23.2 Å². The number of urea groups is 1. The highest BCUT2D eigenvalue weighted by molar-refractivity contribution is 6.42. The lowest BCUT2D eigenvalue weighted by molar-refractivity contribution is 0.0638. The standard InChI is InChI=1S/C19H17Cl2N3O4/c1-28-8-2-7-24-17(25)13-5-3-11(9-14(13)18(24)26)22-19(27)23-12-4-6-15(20)16(21)10-12/h3-6,9-10H,2,7-8H2,1H3,(H2,22,23,27). The molecule has 2 aromatic rings. The van der Waals surface area contributed by atoms with E-state index in [0.29, 0.717) is 40.0 Å². The van der Waals surface area contributed by atoms with E-state index in [2.05, 4.69) is 10.6 Å². The van der Waals surface area contributed by atoms with E-state index < -0.39 is 6.03 Å². The van der Waals surface area contributed by atoms with Crippen LogP contribution in [-0.4, -0.2) is 43.0 Å². The smallest absolute Gasteiger partial charge is 0.323 e. The summed E-state index contributed by atoms with van der Waals surface area (Å²) >= 11 is 11.8. The topological polar surface area (TPSA) is 87.7 Å². The third-order valence-electron chi connectivity index (χ3n) is 4.14. The van der Waals surface area contributed by atoms with Crippen LogP contribution in [0.4, 0.5) is 16.2 Å². The molecule has 0 saturated carbocycles. The first-order valence-electron chi connectivity index (χ1n) is 8.43. The van der Waals surface area contributed by atoms with Gasteiger partial charge in [0.05, 0.1) is 21.2 Å². The van der Waals surface area contributed by atoms with Gasteiger partial charge in [0, 0.05) is 31.6 Å². The summed E-state index contributed by atoms with van der Waals surface area (Å²) in [6, 6.07) is 8.75. The van der Waals surface area contributed by atoms with E-state index in [1.54, 1.807) is 25.3 Å². The van der Waals surface area contributed by atoms with Gasteiger partial charge in [0.25, 0.3) is 11.8 Å². The molecule has 2 aromatic carbocycles. The van der Waals surface area contributed by atoms with Crippen molar-refractivity contribution in [2.75, 3.05) is 30.9 Å². The molecular formula is C19H17Cl2N3O4. The van der Waals surface area contributed by atoms with Crippen molar-refractivity contribution in [3.8, 4) is 0 Å². The van der Waals surface area contributed by atoms with E-state index in [9.17, 15) is 14.4 Å². The minimum Gasteiger partial charge on any atom is -0.385 e. The summed E-state index contributed by atoms with van der Waals surface area (Å²) in [6.07, 6.45) is 0.555. The Labute approximate surface area is 171 Å². The van der Waals surface area contributed by atoms with Crippen molar-refractivity contribution in [2.45, 2.75) is 6.42 Å². The van der Waals surface area contributed by atoms with E-state index in [0.717, 1.165) is 0 Å². The van der Waals surface area contributed by atoms with Crippen molar-refractivity contribution >= 4 is 52.4 Å². The van der Waals surface area contributed by atoms with Crippen LogP contribution in [0, 0.1) is 0 Å². The molecule has 9 heteroatoms. The second kappa shape index (κ2) is 8.60. The second-order valence-corrected chi connectivity index (χ2v) is 6.89. The van der Waals surface area contributed by atoms with Crippen LogP contribution in [0.2, 0.25) is 10.0 Å². The van der Waals surface area contributed by atoms with Crippen molar-refractivity contribution < 1.29 is 19.1 Å². The fourth-order valence-corrected chi connectivity index (χ4v) is 3.10. The largest absolute Gasteiger partial charge is 0.385 e. The average Bonchev–Trinajstić information content (AvgIpc) is 2.89. The van der Waals surface area contributed by atoms with E-state index in [4.69, 9.17) is 27.9 Å². The molecule has 3 rings (SSSR count). The maximum absolute atomic E-state index is 12.5. The molecule has 0 aromatic heterocycles. The molecule has 1 aliphatic rings. The number of carbonyl (C=O) groups excluding carboxylic acids is 3. The number of hydrogen-bond donors (Lipinski definition) is 2. The Balaban J connectivity index is 1.69. The van der Waals surface area contributed by atoms with Crippen LogP contribution < -0.4 is 10.6 Å². The molecule has 1 aliphatic heterocycles. The molecule has 0 spiro atoms.